The highest BCUT2D eigenvalue weighted by Gasteiger charge is 2.43. The molecule has 2 fully saturated rings. The van der Waals surface area contributed by atoms with Gasteiger partial charge >= 0.3 is 0 Å². The third-order valence-electron chi connectivity index (χ3n) is 6.86. The fraction of sp³-hybridized carbons (Fsp3) is 0.360. The molecule has 1 spiro atoms. The monoisotopic (exact) mass is 434 g/mol. The van der Waals surface area contributed by atoms with Crippen LogP contribution in [0.15, 0.2) is 51.6 Å². The van der Waals surface area contributed by atoms with Gasteiger partial charge in [0, 0.05) is 43.2 Å². The molecule has 2 amide bonds. The molecule has 0 bridgehead atoms. The minimum atomic E-state index is -0.0113. The number of para-hydroxylation sites is 1. The molecule has 3 aromatic rings. The Morgan fingerprint density at radius 2 is 1.81 bits per heavy atom. The molecule has 2 saturated heterocycles. The largest absolute Gasteiger partial charge is 0.451 e. The Morgan fingerprint density at radius 1 is 1.06 bits per heavy atom. The maximum atomic E-state index is 13.2. The van der Waals surface area contributed by atoms with Crippen molar-refractivity contribution in [2.75, 3.05) is 26.2 Å². The maximum absolute atomic E-state index is 13.2. The molecule has 0 radical (unpaired) electrons. The fourth-order valence-corrected chi connectivity index (χ4v) is 5.51. The van der Waals surface area contributed by atoms with E-state index in [9.17, 15) is 9.59 Å². The van der Waals surface area contributed by atoms with E-state index in [2.05, 4.69) is 0 Å². The van der Waals surface area contributed by atoms with Gasteiger partial charge in [-0.05, 0) is 66.1 Å². The average Bonchev–Trinajstić information content (AvgIpc) is 3.53. The molecule has 0 atom stereocenters. The van der Waals surface area contributed by atoms with Gasteiger partial charge in [0.05, 0.1) is 0 Å². The predicted molar refractivity (Wildman–Crippen MR) is 123 cm³/mol. The summed E-state index contributed by atoms with van der Waals surface area (Å²) in [6.07, 6.45) is 6.43. The van der Waals surface area contributed by atoms with Crippen molar-refractivity contribution in [3.05, 3.63) is 64.1 Å². The van der Waals surface area contributed by atoms with Crippen molar-refractivity contribution in [2.45, 2.75) is 26.2 Å². The number of hydrogen-bond donors (Lipinski definition) is 0. The third-order valence-corrected chi connectivity index (χ3v) is 7.56. The summed E-state index contributed by atoms with van der Waals surface area (Å²) in [7, 11) is 0. The topological polar surface area (TPSA) is 53.8 Å². The molecule has 31 heavy (non-hydrogen) atoms. The highest BCUT2D eigenvalue weighted by molar-refractivity contribution is 7.08. The van der Waals surface area contributed by atoms with Crippen LogP contribution in [-0.2, 0) is 4.79 Å². The molecule has 5 rings (SSSR count). The summed E-state index contributed by atoms with van der Waals surface area (Å²) in [5, 5.41) is 5.04. The smallest absolute Gasteiger partial charge is 0.289 e. The normalized spacial score (nSPS) is 18.5. The Balaban J connectivity index is 1.22. The Labute approximate surface area is 185 Å². The second-order valence-electron chi connectivity index (χ2n) is 8.74. The van der Waals surface area contributed by atoms with Gasteiger partial charge in [0.2, 0.25) is 5.91 Å². The molecule has 6 heteroatoms. The van der Waals surface area contributed by atoms with Gasteiger partial charge < -0.3 is 14.2 Å². The number of nitrogens with zero attached hydrogens (tertiary/aromatic N) is 2. The molecule has 2 aliphatic heterocycles. The molecule has 160 valence electrons. The summed E-state index contributed by atoms with van der Waals surface area (Å²) < 4.78 is 5.90. The van der Waals surface area contributed by atoms with Gasteiger partial charge in [0.15, 0.2) is 5.76 Å². The van der Waals surface area contributed by atoms with Crippen LogP contribution in [-0.4, -0.2) is 47.8 Å². The molecule has 0 saturated carbocycles. The highest BCUT2D eigenvalue weighted by Crippen LogP contribution is 2.41. The van der Waals surface area contributed by atoms with Crippen molar-refractivity contribution in [3.8, 4) is 0 Å². The molecule has 2 aliphatic rings. The lowest BCUT2D eigenvalue weighted by molar-refractivity contribution is -0.128. The van der Waals surface area contributed by atoms with E-state index in [-0.39, 0.29) is 17.2 Å². The van der Waals surface area contributed by atoms with Crippen LogP contribution in [0.5, 0.6) is 0 Å². The lowest BCUT2D eigenvalue weighted by Gasteiger charge is -2.38. The summed E-state index contributed by atoms with van der Waals surface area (Å²) in [6, 6.07) is 9.80. The second-order valence-corrected chi connectivity index (χ2v) is 9.52. The summed E-state index contributed by atoms with van der Waals surface area (Å²) in [5.41, 5.74) is 2.86. The van der Waals surface area contributed by atoms with Crippen LogP contribution in [0.3, 0.4) is 0 Å². The van der Waals surface area contributed by atoms with Crippen molar-refractivity contribution in [1.29, 1.82) is 0 Å². The Bertz CT molecular complexity index is 1140. The zero-order valence-electron chi connectivity index (χ0n) is 17.7. The number of thiophene rings is 1. The average molecular weight is 435 g/mol. The van der Waals surface area contributed by atoms with Crippen LogP contribution < -0.4 is 0 Å². The molecule has 5 nitrogen and oxygen atoms in total. The number of rotatable bonds is 3. The lowest BCUT2D eigenvalue weighted by Crippen LogP contribution is -2.44. The number of carbonyl (C=O) groups excluding carboxylic acids is 2. The van der Waals surface area contributed by atoms with E-state index < -0.39 is 0 Å². The quantitative estimate of drug-likeness (QED) is 0.547. The number of furan rings is 1. The Morgan fingerprint density at radius 3 is 2.52 bits per heavy atom. The van der Waals surface area contributed by atoms with Crippen molar-refractivity contribution in [1.82, 2.24) is 9.80 Å². The fourth-order valence-electron chi connectivity index (χ4n) is 4.88. The van der Waals surface area contributed by atoms with Crippen LogP contribution in [0.25, 0.3) is 17.0 Å². The van der Waals surface area contributed by atoms with Gasteiger partial charge in [-0.2, -0.15) is 11.3 Å². The first-order valence-corrected chi connectivity index (χ1v) is 11.8. The van der Waals surface area contributed by atoms with E-state index in [4.69, 9.17) is 4.42 Å². The highest BCUT2D eigenvalue weighted by atomic mass is 32.1. The van der Waals surface area contributed by atoms with Crippen molar-refractivity contribution < 1.29 is 14.0 Å². The van der Waals surface area contributed by atoms with Crippen LogP contribution in [0.1, 0.15) is 40.9 Å². The van der Waals surface area contributed by atoms with Crippen molar-refractivity contribution >= 4 is 40.2 Å². The van der Waals surface area contributed by atoms with Crippen molar-refractivity contribution in [2.24, 2.45) is 5.41 Å². The van der Waals surface area contributed by atoms with Gasteiger partial charge in [-0.1, -0.05) is 18.2 Å². The lowest BCUT2D eigenvalue weighted by atomic mass is 9.78. The molecule has 0 aliphatic carbocycles. The van der Waals surface area contributed by atoms with E-state index in [1.807, 2.05) is 63.9 Å². The van der Waals surface area contributed by atoms with E-state index in [0.717, 1.165) is 67.5 Å². The summed E-state index contributed by atoms with van der Waals surface area (Å²) >= 11 is 1.63. The molecular weight excluding hydrogens is 408 g/mol. The molecular formula is C25H26N2O3S. The molecule has 1 aromatic carbocycles. The molecule has 0 N–H and O–H groups in total. The molecule has 2 aromatic heterocycles. The minimum Gasteiger partial charge on any atom is -0.451 e. The van der Waals surface area contributed by atoms with Gasteiger partial charge in [-0.3, -0.25) is 9.59 Å². The number of aryl methyl sites for hydroxylation is 1. The Hall–Kier alpha value is -2.86. The molecule has 0 unspecified atom stereocenters. The van der Waals surface area contributed by atoms with E-state index in [1.165, 1.54) is 0 Å². The number of benzene rings is 1. The zero-order chi connectivity index (χ0) is 21.4. The van der Waals surface area contributed by atoms with Gasteiger partial charge in [0.25, 0.3) is 5.91 Å². The van der Waals surface area contributed by atoms with Crippen LogP contribution >= 0.6 is 11.3 Å². The van der Waals surface area contributed by atoms with E-state index >= 15 is 0 Å². The van der Waals surface area contributed by atoms with Gasteiger partial charge in [-0.25, -0.2) is 0 Å². The van der Waals surface area contributed by atoms with Crippen LogP contribution in [0.4, 0.5) is 0 Å². The first-order valence-electron chi connectivity index (χ1n) is 10.8. The second kappa shape index (κ2) is 8.00. The number of amides is 2. The minimum absolute atomic E-state index is 0.0113. The number of likely N-dealkylation sites (tertiary alicyclic amines) is 2. The van der Waals surface area contributed by atoms with E-state index in [0.29, 0.717) is 5.76 Å². The summed E-state index contributed by atoms with van der Waals surface area (Å²) in [5.74, 6) is 0.525. The number of piperidine rings is 1. The summed E-state index contributed by atoms with van der Waals surface area (Å²) in [4.78, 5) is 29.6. The third kappa shape index (κ3) is 3.81. The summed E-state index contributed by atoms with van der Waals surface area (Å²) in [6.45, 7) is 4.95. The SMILES string of the molecule is Cc1c(C(=O)N2CCC3(CCN(C(=O)/C=C/c4ccsc4)CC3)C2)oc2ccccc12. The molecule has 4 heterocycles. The number of fused-ring (bicyclic) bond motifs is 1. The number of carbonyl (C=O) groups is 2. The predicted octanol–water partition coefficient (Wildman–Crippen LogP) is 4.97. The van der Waals surface area contributed by atoms with Crippen LogP contribution in [0.2, 0.25) is 0 Å². The Kier molecular flexibility index (Phi) is 5.18. The number of hydrogen-bond acceptors (Lipinski definition) is 4. The maximum Gasteiger partial charge on any atom is 0.289 e. The van der Waals surface area contributed by atoms with Crippen LogP contribution in [0, 0.1) is 12.3 Å². The van der Waals surface area contributed by atoms with E-state index in [1.54, 1.807) is 17.4 Å². The standard InChI is InChI=1S/C25H26N2O3S/c1-18-20-4-2-3-5-21(20)30-23(18)24(29)27-14-11-25(17-27)9-12-26(13-10-25)22(28)7-6-19-8-15-31-16-19/h2-8,15-16H,9-14,17H2,1H3/b7-6+. The first kappa shape index (κ1) is 20.1. The zero-order valence-corrected chi connectivity index (χ0v) is 18.5. The van der Waals surface area contributed by atoms with Crippen molar-refractivity contribution in [3.63, 3.8) is 0 Å². The van der Waals surface area contributed by atoms with Gasteiger partial charge in [0.1, 0.15) is 5.58 Å². The van der Waals surface area contributed by atoms with Gasteiger partial charge in [-0.15, -0.1) is 0 Å². The first-order chi connectivity index (χ1) is 15.0.